The molecular formula is C18H22F2N2O4. The van der Waals surface area contributed by atoms with Crippen LogP contribution < -0.4 is 5.32 Å². The van der Waals surface area contributed by atoms with Crippen LogP contribution in [-0.4, -0.2) is 48.9 Å². The van der Waals surface area contributed by atoms with E-state index in [1.807, 2.05) is 0 Å². The number of carbonyl (C=O) groups excluding carboxylic acids is 3. The Morgan fingerprint density at radius 3 is 2.50 bits per heavy atom. The fourth-order valence-corrected chi connectivity index (χ4v) is 2.92. The Hall–Kier alpha value is -2.51. The van der Waals surface area contributed by atoms with Gasteiger partial charge in [-0.2, -0.15) is 0 Å². The van der Waals surface area contributed by atoms with Crippen LogP contribution in [0, 0.1) is 17.6 Å². The van der Waals surface area contributed by atoms with E-state index >= 15 is 0 Å². The van der Waals surface area contributed by atoms with Gasteiger partial charge in [0.25, 0.3) is 5.91 Å². The lowest BCUT2D eigenvalue weighted by molar-refractivity contribution is -0.141. The standard InChI is InChI=1S/C18H22F2N2O4/c1-11(9-16(23)26-2)21-17(24)12-5-7-22(8-6-12)18(25)14-4-3-13(19)10-15(14)20/h3-4,10-12H,5-9H2,1-2H3,(H,21,24). The van der Waals surface area contributed by atoms with Crippen molar-refractivity contribution in [1.29, 1.82) is 0 Å². The molecule has 1 aliphatic rings. The molecule has 0 aromatic heterocycles. The van der Waals surface area contributed by atoms with E-state index in [9.17, 15) is 23.2 Å². The smallest absolute Gasteiger partial charge is 0.307 e. The fourth-order valence-electron chi connectivity index (χ4n) is 2.92. The van der Waals surface area contributed by atoms with Crippen molar-refractivity contribution in [1.82, 2.24) is 10.2 Å². The van der Waals surface area contributed by atoms with Crippen molar-refractivity contribution in [2.75, 3.05) is 20.2 Å². The van der Waals surface area contributed by atoms with Crippen LogP contribution in [0.2, 0.25) is 0 Å². The zero-order valence-electron chi connectivity index (χ0n) is 14.8. The molecule has 2 amide bonds. The predicted molar refractivity (Wildman–Crippen MR) is 89.2 cm³/mol. The average Bonchev–Trinajstić information content (AvgIpc) is 2.61. The number of carbonyl (C=O) groups is 3. The summed E-state index contributed by atoms with van der Waals surface area (Å²) in [6.45, 7) is 2.32. The van der Waals surface area contributed by atoms with E-state index in [0.29, 0.717) is 32.0 Å². The van der Waals surface area contributed by atoms with E-state index in [1.165, 1.54) is 12.0 Å². The minimum atomic E-state index is -0.897. The van der Waals surface area contributed by atoms with E-state index in [4.69, 9.17) is 0 Å². The second kappa shape index (κ2) is 8.73. The second-order valence-corrected chi connectivity index (χ2v) is 6.38. The number of nitrogens with one attached hydrogen (secondary N) is 1. The molecule has 0 saturated carbocycles. The number of esters is 1. The number of amides is 2. The van der Waals surface area contributed by atoms with Gasteiger partial charge in [0.15, 0.2) is 0 Å². The van der Waals surface area contributed by atoms with E-state index < -0.39 is 23.5 Å². The molecule has 1 fully saturated rings. The minimum absolute atomic E-state index is 0.0867. The van der Waals surface area contributed by atoms with Crippen molar-refractivity contribution in [2.45, 2.75) is 32.2 Å². The van der Waals surface area contributed by atoms with Crippen LogP contribution in [0.25, 0.3) is 0 Å². The number of hydrogen-bond donors (Lipinski definition) is 1. The molecular weight excluding hydrogens is 346 g/mol. The maximum absolute atomic E-state index is 13.7. The van der Waals surface area contributed by atoms with E-state index in [1.54, 1.807) is 6.92 Å². The first kappa shape index (κ1) is 19.8. The quantitative estimate of drug-likeness (QED) is 0.806. The van der Waals surface area contributed by atoms with Gasteiger partial charge in [-0.05, 0) is 31.9 Å². The van der Waals surface area contributed by atoms with Crippen LogP contribution in [-0.2, 0) is 14.3 Å². The highest BCUT2D eigenvalue weighted by molar-refractivity contribution is 5.94. The van der Waals surface area contributed by atoms with Crippen LogP contribution in [0.4, 0.5) is 8.78 Å². The predicted octanol–water partition coefficient (Wildman–Crippen LogP) is 1.88. The van der Waals surface area contributed by atoms with Gasteiger partial charge in [-0.3, -0.25) is 14.4 Å². The van der Waals surface area contributed by atoms with Crippen LogP contribution in [0.5, 0.6) is 0 Å². The van der Waals surface area contributed by atoms with Gasteiger partial charge in [0.2, 0.25) is 5.91 Å². The Bertz CT molecular complexity index is 688. The molecule has 1 atom stereocenters. The Labute approximate surface area is 150 Å². The number of hydrogen-bond acceptors (Lipinski definition) is 4. The lowest BCUT2D eigenvalue weighted by atomic mass is 9.95. The van der Waals surface area contributed by atoms with Gasteiger partial charge in [-0.25, -0.2) is 8.78 Å². The van der Waals surface area contributed by atoms with Crippen LogP contribution in [0.15, 0.2) is 18.2 Å². The Morgan fingerprint density at radius 1 is 1.27 bits per heavy atom. The Balaban J connectivity index is 1.87. The minimum Gasteiger partial charge on any atom is -0.469 e. The molecule has 0 spiro atoms. The summed E-state index contributed by atoms with van der Waals surface area (Å²) >= 11 is 0. The largest absolute Gasteiger partial charge is 0.469 e. The van der Waals surface area contributed by atoms with Crippen molar-refractivity contribution < 1.29 is 27.9 Å². The van der Waals surface area contributed by atoms with Crippen molar-refractivity contribution >= 4 is 17.8 Å². The third kappa shape index (κ3) is 5.00. The maximum Gasteiger partial charge on any atom is 0.307 e. The number of benzene rings is 1. The molecule has 1 aromatic carbocycles. The number of halogens is 2. The molecule has 6 nitrogen and oxygen atoms in total. The molecule has 0 radical (unpaired) electrons. The molecule has 8 heteroatoms. The number of ether oxygens (including phenoxy) is 1. The summed E-state index contributed by atoms with van der Waals surface area (Å²) in [7, 11) is 1.29. The summed E-state index contributed by atoms with van der Waals surface area (Å²) in [4.78, 5) is 37.3. The summed E-state index contributed by atoms with van der Waals surface area (Å²) in [6.07, 6.45) is 0.958. The monoisotopic (exact) mass is 368 g/mol. The molecule has 1 N–H and O–H groups in total. The van der Waals surface area contributed by atoms with Crippen molar-refractivity contribution in [3.63, 3.8) is 0 Å². The highest BCUT2D eigenvalue weighted by atomic mass is 19.1. The van der Waals surface area contributed by atoms with E-state index in [0.717, 1.165) is 12.1 Å². The summed E-state index contributed by atoms with van der Waals surface area (Å²) in [5, 5.41) is 2.76. The van der Waals surface area contributed by atoms with Crippen LogP contribution in [0.3, 0.4) is 0 Å². The van der Waals surface area contributed by atoms with Crippen molar-refractivity contribution in [3.05, 3.63) is 35.4 Å². The highest BCUT2D eigenvalue weighted by Crippen LogP contribution is 2.21. The van der Waals surface area contributed by atoms with Gasteiger partial charge in [0, 0.05) is 31.1 Å². The van der Waals surface area contributed by atoms with E-state index in [-0.39, 0.29) is 29.9 Å². The summed E-state index contributed by atoms with van der Waals surface area (Å²) in [5.74, 6) is -3.01. The number of nitrogens with zero attached hydrogens (tertiary/aromatic N) is 1. The molecule has 142 valence electrons. The van der Waals surface area contributed by atoms with Crippen molar-refractivity contribution in [2.24, 2.45) is 5.92 Å². The van der Waals surface area contributed by atoms with Crippen molar-refractivity contribution in [3.8, 4) is 0 Å². The van der Waals surface area contributed by atoms with Gasteiger partial charge < -0.3 is 15.0 Å². The summed E-state index contributed by atoms with van der Waals surface area (Å²) < 4.78 is 31.3. The zero-order valence-corrected chi connectivity index (χ0v) is 14.8. The Morgan fingerprint density at radius 2 is 1.92 bits per heavy atom. The van der Waals surface area contributed by atoms with Gasteiger partial charge in [-0.1, -0.05) is 0 Å². The summed E-state index contributed by atoms with van der Waals surface area (Å²) in [5.41, 5.74) is -0.180. The summed E-state index contributed by atoms with van der Waals surface area (Å²) in [6, 6.07) is 2.50. The first-order chi connectivity index (χ1) is 12.3. The third-order valence-corrected chi connectivity index (χ3v) is 4.40. The zero-order chi connectivity index (χ0) is 19.3. The molecule has 1 saturated heterocycles. The lowest BCUT2D eigenvalue weighted by Crippen LogP contribution is -2.45. The van der Waals surface area contributed by atoms with Crippen LogP contribution in [0.1, 0.15) is 36.5 Å². The first-order valence-electron chi connectivity index (χ1n) is 8.43. The Kier molecular flexibility index (Phi) is 6.65. The number of rotatable bonds is 5. The SMILES string of the molecule is COC(=O)CC(C)NC(=O)C1CCN(C(=O)c2ccc(F)cc2F)CC1. The second-order valence-electron chi connectivity index (χ2n) is 6.38. The molecule has 1 unspecified atom stereocenters. The molecule has 0 aliphatic carbocycles. The lowest BCUT2D eigenvalue weighted by Gasteiger charge is -2.32. The number of likely N-dealkylation sites (tertiary alicyclic amines) is 1. The van der Waals surface area contributed by atoms with Crippen LogP contribution >= 0.6 is 0 Å². The number of methoxy groups -OCH3 is 1. The third-order valence-electron chi connectivity index (χ3n) is 4.40. The fraction of sp³-hybridized carbons (Fsp3) is 0.500. The molecule has 2 rings (SSSR count). The molecule has 0 bridgehead atoms. The normalized spacial score (nSPS) is 16.1. The van der Waals surface area contributed by atoms with Gasteiger partial charge >= 0.3 is 5.97 Å². The van der Waals surface area contributed by atoms with Gasteiger partial charge in [-0.15, -0.1) is 0 Å². The van der Waals surface area contributed by atoms with Gasteiger partial charge in [0.1, 0.15) is 11.6 Å². The molecule has 1 aromatic rings. The maximum atomic E-state index is 13.7. The molecule has 1 aliphatic heterocycles. The van der Waals surface area contributed by atoms with Gasteiger partial charge in [0.05, 0.1) is 19.1 Å². The molecule has 1 heterocycles. The molecule has 26 heavy (non-hydrogen) atoms. The van der Waals surface area contributed by atoms with E-state index in [2.05, 4.69) is 10.1 Å². The first-order valence-corrected chi connectivity index (χ1v) is 8.43. The average molecular weight is 368 g/mol. The topological polar surface area (TPSA) is 75.7 Å². The number of piperidine rings is 1. The highest BCUT2D eigenvalue weighted by Gasteiger charge is 2.29.